The molecular weight excluding hydrogens is 572 g/mol. The van der Waals surface area contributed by atoms with Gasteiger partial charge in [0.2, 0.25) is 11.8 Å². The third-order valence-corrected chi connectivity index (χ3v) is 9.40. The van der Waals surface area contributed by atoms with E-state index in [0.717, 1.165) is 63.3 Å². The quantitative estimate of drug-likeness (QED) is 0.259. The molecule has 0 aromatic rings. The molecule has 0 bridgehead atoms. The molecule has 2 fully saturated rings. The zero-order chi connectivity index (χ0) is 33.8. The van der Waals surface area contributed by atoms with Crippen molar-refractivity contribution >= 4 is 17.7 Å². The number of carbonyl (C=O) groups is 3. The molecule has 3 atom stereocenters. The summed E-state index contributed by atoms with van der Waals surface area (Å²) < 4.78 is 11.7. The molecule has 2 aliphatic heterocycles. The van der Waals surface area contributed by atoms with Crippen LogP contribution in [0.4, 0.5) is 0 Å². The Bertz CT molecular complexity index is 1050. The Labute approximate surface area is 272 Å². The van der Waals surface area contributed by atoms with E-state index in [1.807, 2.05) is 44.5 Å². The molecule has 0 aromatic carbocycles. The normalized spacial score (nSPS) is 19.6. The van der Waals surface area contributed by atoms with Crippen molar-refractivity contribution in [1.82, 2.24) is 29.8 Å². The number of carbonyl (C=O) groups excluding carboxylic acids is 3. The Balaban J connectivity index is 2.08. The lowest BCUT2D eigenvalue weighted by molar-refractivity contribution is -0.138. The van der Waals surface area contributed by atoms with Gasteiger partial charge in [-0.05, 0) is 58.6 Å². The number of likely N-dealkylation sites (N-methyl/N-ethyl adjacent to an activating group) is 3. The summed E-state index contributed by atoms with van der Waals surface area (Å²) in [6, 6.07) is 0.0262. The summed E-state index contributed by atoms with van der Waals surface area (Å²) in [7, 11) is 9.05. The molecule has 2 heterocycles. The Kier molecular flexibility index (Phi) is 16.0. The molecule has 11 heteroatoms. The number of ether oxygens (including phenoxy) is 2. The number of likely N-dealkylation sites (tertiary alicyclic amines) is 1. The van der Waals surface area contributed by atoms with Crippen molar-refractivity contribution < 1.29 is 23.9 Å². The van der Waals surface area contributed by atoms with Crippen molar-refractivity contribution in [3.63, 3.8) is 0 Å². The number of hydrogen-bond acceptors (Lipinski definition) is 8. The second kappa shape index (κ2) is 18.6. The van der Waals surface area contributed by atoms with Gasteiger partial charge in [-0.25, -0.2) is 0 Å². The van der Waals surface area contributed by atoms with Gasteiger partial charge in [0.1, 0.15) is 11.8 Å². The summed E-state index contributed by atoms with van der Waals surface area (Å²) in [5.41, 5.74) is 3.10. The third kappa shape index (κ3) is 10.8. The Morgan fingerprint density at radius 1 is 0.978 bits per heavy atom. The topological polar surface area (TPSA) is 97.9 Å². The van der Waals surface area contributed by atoms with Crippen molar-refractivity contribution in [3.8, 4) is 0 Å². The lowest BCUT2D eigenvalue weighted by Gasteiger charge is -2.35. The zero-order valence-corrected chi connectivity index (χ0v) is 30.1. The molecule has 0 spiro atoms. The molecular formula is C34H62N6O5. The van der Waals surface area contributed by atoms with Gasteiger partial charge in [-0.1, -0.05) is 26.3 Å². The maximum Gasteiger partial charge on any atom is 0.267 e. The molecule has 0 radical (unpaired) electrons. The number of hydrogen-bond donors (Lipinski definition) is 1. The number of amides is 3. The van der Waals surface area contributed by atoms with Gasteiger partial charge in [0.05, 0.1) is 25.1 Å². The van der Waals surface area contributed by atoms with Gasteiger partial charge in [-0.3, -0.25) is 19.3 Å². The summed E-state index contributed by atoms with van der Waals surface area (Å²) >= 11 is 0. The second-order valence-corrected chi connectivity index (χ2v) is 13.2. The van der Waals surface area contributed by atoms with Crippen LogP contribution in [0.2, 0.25) is 0 Å². The minimum atomic E-state index is -0.600. The van der Waals surface area contributed by atoms with Gasteiger partial charge >= 0.3 is 0 Å². The van der Waals surface area contributed by atoms with Crippen molar-refractivity contribution in [3.05, 3.63) is 22.5 Å². The van der Waals surface area contributed by atoms with E-state index in [-0.39, 0.29) is 48.8 Å². The summed E-state index contributed by atoms with van der Waals surface area (Å²) in [5.74, 6) is -0.263. The minimum Gasteiger partial charge on any atom is -0.379 e. The molecule has 3 amide bonds. The highest BCUT2D eigenvalue weighted by Gasteiger charge is 2.38. The first-order valence-corrected chi connectivity index (χ1v) is 16.7. The maximum absolute atomic E-state index is 13.7. The monoisotopic (exact) mass is 634 g/mol. The average molecular weight is 635 g/mol. The molecule has 11 nitrogen and oxygen atoms in total. The van der Waals surface area contributed by atoms with Gasteiger partial charge < -0.3 is 34.4 Å². The van der Waals surface area contributed by atoms with E-state index < -0.39 is 6.10 Å². The van der Waals surface area contributed by atoms with E-state index in [4.69, 9.17) is 9.47 Å². The first-order chi connectivity index (χ1) is 21.3. The van der Waals surface area contributed by atoms with Crippen LogP contribution in [0.5, 0.6) is 0 Å². The number of rotatable bonds is 16. The number of methoxy groups -OCH3 is 2. The van der Waals surface area contributed by atoms with Crippen LogP contribution in [0.1, 0.15) is 67.2 Å². The number of piperazine rings is 1. The number of nitrogens with zero attached hydrogens (tertiary/aromatic N) is 5. The van der Waals surface area contributed by atoms with E-state index in [0.29, 0.717) is 24.4 Å². The van der Waals surface area contributed by atoms with Crippen molar-refractivity contribution in [1.29, 1.82) is 0 Å². The Morgan fingerprint density at radius 3 is 2.16 bits per heavy atom. The van der Waals surface area contributed by atoms with E-state index >= 15 is 0 Å². The van der Waals surface area contributed by atoms with Gasteiger partial charge in [-0.15, -0.1) is 0 Å². The van der Waals surface area contributed by atoms with Crippen LogP contribution in [0.3, 0.4) is 0 Å². The minimum absolute atomic E-state index is 0.00424. The van der Waals surface area contributed by atoms with Crippen LogP contribution < -0.4 is 5.32 Å². The predicted octanol–water partition coefficient (Wildman–Crippen LogP) is 2.79. The fourth-order valence-electron chi connectivity index (χ4n) is 6.59. The summed E-state index contributed by atoms with van der Waals surface area (Å²) in [5, 5.41) is 2.86. The largest absolute Gasteiger partial charge is 0.379 e. The van der Waals surface area contributed by atoms with Gasteiger partial charge in [0.25, 0.3) is 5.91 Å². The highest BCUT2D eigenvalue weighted by molar-refractivity contribution is 5.96. The maximum atomic E-state index is 13.7. The average Bonchev–Trinajstić information content (AvgIpc) is 3.48. The van der Waals surface area contributed by atoms with Gasteiger partial charge in [0, 0.05) is 79.8 Å². The Morgan fingerprint density at radius 2 is 1.62 bits per heavy atom. The molecule has 1 N–H and O–H groups in total. The second-order valence-electron chi connectivity index (χ2n) is 13.2. The van der Waals surface area contributed by atoms with E-state index in [1.54, 1.807) is 26.2 Å². The number of nitrogens with one attached hydrogen (secondary N) is 1. The summed E-state index contributed by atoms with van der Waals surface area (Å²) in [6.45, 7) is 18.3. The highest BCUT2D eigenvalue weighted by Crippen LogP contribution is 2.28. The molecule has 258 valence electrons. The van der Waals surface area contributed by atoms with Crippen LogP contribution in [-0.4, -0.2) is 148 Å². The SMILES string of the molecule is CC/C(C)=C(\C(CC(=O)N1CCCC1C(OC)C(C)C)OC)N(C)C(=O)CNC(=O)C(=C(C)C)N(C)CCN1CCN(C)CC1. The van der Waals surface area contributed by atoms with Crippen molar-refractivity contribution in [2.24, 2.45) is 5.92 Å². The molecule has 3 unspecified atom stereocenters. The number of allylic oxidation sites excluding steroid dienone is 2. The fraction of sp³-hybridized carbons (Fsp3) is 0.794. The van der Waals surface area contributed by atoms with Crippen LogP contribution in [-0.2, 0) is 23.9 Å². The standard InChI is InChI=1S/C34H62N6O5/c1-12-26(6)32(28(44-10)22-29(41)40-15-13-14-27(40)33(45-11)25(4)5)38(9)30(42)23-35-34(43)31(24(2)3)37(8)18-21-39-19-16-36(7)17-20-39/h25,27-28,33H,12-23H2,1-11H3,(H,35,43)/b32-26+. The van der Waals surface area contributed by atoms with Crippen molar-refractivity contribution in [2.75, 3.05) is 87.7 Å². The van der Waals surface area contributed by atoms with E-state index in [2.05, 4.69) is 36.0 Å². The summed E-state index contributed by atoms with van der Waals surface area (Å²) in [4.78, 5) is 50.7. The zero-order valence-electron chi connectivity index (χ0n) is 30.1. The smallest absolute Gasteiger partial charge is 0.267 e. The molecule has 0 aromatic heterocycles. The molecule has 0 aliphatic carbocycles. The Hall–Kier alpha value is -2.47. The molecule has 0 saturated carbocycles. The highest BCUT2D eigenvalue weighted by atomic mass is 16.5. The van der Waals surface area contributed by atoms with E-state index in [9.17, 15) is 14.4 Å². The molecule has 45 heavy (non-hydrogen) atoms. The van der Waals surface area contributed by atoms with E-state index in [1.165, 1.54) is 0 Å². The first kappa shape index (κ1) is 38.7. The molecule has 2 rings (SSSR count). The van der Waals surface area contributed by atoms with Gasteiger partial charge in [-0.2, -0.15) is 0 Å². The lowest BCUT2D eigenvalue weighted by atomic mass is 9.97. The molecule has 2 aliphatic rings. The van der Waals surface area contributed by atoms with Crippen LogP contribution in [0, 0.1) is 5.92 Å². The lowest BCUT2D eigenvalue weighted by Crippen LogP contribution is -2.48. The van der Waals surface area contributed by atoms with Crippen molar-refractivity contribution in [2.45, 2.75) is 85.5 Å². The predicted molar refractivity (Wildman–Crippen MR) is 179 cm³/mol. The fourth-order valence-corrected chi connectivity index (χ4v) is 6.59. The third-order valence-electron chi connectivity index (χ3n) is 9.40. The first-order valence-electron chi connectivity index (χ1n) is 16.7. The van der Waals surface area contributed by atoms with Crippen LogP contribution in [0.25, 0.3) is 0 Å². The summed E-state index contributed by atoms with van der Waals surface area (Å²) in [6.07, 6.45) is 2.03. The van der Waals surface area contributed by atoms with Crippen LogP contribution >= 0.6 is 0 Å². The van der Waals surface area contributed by atoms with Crippen LogP contribution in [0.15, 0.2) is 22.5 Å². The molecule has 2 saturated heterocycles. The van der Waals surface area contributed by atoms with Gasteiger partial charge in [0.15, 0.2) is 0 Å².